The molecule has 2 amide bonds. The SMILES string of the molecule is CCCNCCOCCOCCNC(=O)COC(C)(C)C(F)CNC=O. The Balaban J connectivity index is 3.55. The fourth-order valence-corrected chi connectivity index (χ4v) is 1.82. The van der Waals surface area contributed by atoms with E-state index in [-0.39, 0.29) is 19.1 Å². The number of carbonyl (C=O) groups excluding carboxylic acids is 2. The van der Waals surface area contributed by atoms with E-state index in [9.17, 15) is 14.0 Å². The number of ether oxygens (including phenoxy) is 3. The standard InChI is InChI=1S/C17H34FN3O5/c1-4-5-19-6-8-24-10-11-25-9-7-21-16(23)13-26-17(2,3)15(18)12-20-14-22/h14-15,19H,4-13H2,1-3H3,(H,20,22)(H,21,23). The van der Waals surface area contributed by atoms with Crippen molar-refractivity contribution in [2.24, 2.45) is 0 Å². The van der Waals surface area contributed by atoms with E-state index in [1.807, 2.05) is 0 Å². The van der Waals surface area contributed by atoms with Gasteiger partial charge in [0.15, 0.2) is 0 Å². The van der Waals surface area contributed by atoms with Gasteiger partial charge >= 0.3 is 0 Å². The Kier molecular flexibility index (Phi) is 15.1. The molecule has 0 aliphatic rings. The number of nitrogens with one attached hydrogen (secondary N) is 3. The van der Waals surface area contributed by atoms with Gasteiger partial charge in [0.1, 0.15) is 12.8 Å². The second-order valence-electron chi connectivity index (χ2n) is 6.21. The van der Waals surface area contributed by atoms with Gasteiger partial charge in [-0.25, -0.2) is 4.39 Å². The zero-order valence-electron chi connectivity index (χ0n) is 16.1. The monoisotopic (exact) mass is 379 g/mol. The molecule has 8 nitrogen and oxygen atoms in total. The van der Waals surface area contributed by atoms with E-state index in [1.165, 1.54) is 13.8 Å². The largest absolute Gasteiger partial charge is 0.378 e. The molecule has 0 bridgehead atoms. The van der Waals surface area contributed by atoms with Gasteiger partial charge in [-0.3, -0.25) is 9.59 Å². The van der Waals surface area contributed by atoms with Gasteiger partial charge < -0.3 is 30.2 Å². The molecule has 0 aliphatic carbocycles. The molecule has 26 heavy (non-hydrogen) atoms. The first-order valence-electron chi connectivity index (χ1n) is 9.02. The summed E-state index contributed by atoms with van der Waals surface area (Å²) in [7, 11) is 0. The van der Waals surface area contributed by atoms with Crippen molar-refractivity contribution in [3.05, 3.63) is 0 Å². The Hall–Kier alpha value is -1.29. The summed E-state index contributed by atoms with van der Waals surface area (Å²) in [5.41, 5.74) is -1.17. The van der Waals surface area contributed by atoms with Crippen LogP contribution in [0.25, 0.3) is 0 Å². The van der Waals surface area contributed by atoms with Crippen LogP contribution in [0, 0.1) is 0 Å². The molecule has 1 unspecified atom stereocenters. The predicted octanol–water partition coefficient (Wildman–Crippen LogP) is 0.0147. The van der Waals surface area contributed by atoms with E-state index in [1.54, 1.807) is 0 Å². The summed E-state index contributed by atoms with van der Waals surface area (Å²) in [6.45, 7) is 8.86. The molecule has 3 N–H and O–H groups in total. The third-order valence-electron chi connectivity index (χ3n) is 3.50. The molecule has 9 heteroatoms. The maximum Gasteiger partial charge on any atom is 0.246 e. The predicted molar refractivity (Wildman–Crippen MR) is 96.8 cm³/mol. The van der Waals surface area contributed by atoms with Gasteiger partial charge in [-0.15, -0.1) is 0 Å². The van der Waals surface area contributed by atoms with E-state index in [4.69, 9.17) is 14.2 Å². The number of hydrogen-bond donors (Lipinski definition) is 3. The lowest BCUT2D eigenvalue weighted by Gasteiger charge is -2.28. The molecule has 0 aromatic carbocycles. The Morgan fingerprint density at radius 3 is 2.38 bits per heavy atom. The Labute approximate surface area is 155 Å². The van der Waals surface area contributed by atoms with Gasteiger partial charge in [0.05, 0.1) is 38.6 Å². The van der Waals surface area contributed by atoms with Crippen molar-refractivity contribution >= 4 is 12.3 Å². The summed E-state index contributed by atoms with van der Waals surface area (Å²) in [6.07, 6.45) is 0.105. The molecule has 0 rings (SSSR count). The molecule has 154 valence electrons. The van der Waals surface area contributed by atoms with E-state index >= 15 is 0 Å². The van der Waals surface area contributed by atoms with E-state index in [0.717, 1.165) is 19.5 Å². The third kappa shape index (κ3) is 13.9. The maximum atomic E-state index is 13.8. The highest BCUT2D eigenvalue weighted by molar-refractivity contribution is 5.77. The molecule has 0 spiro atoms. The minimum Gasteiger partial charge on any atom is -0.378 e. The van der Waals surface area contributed by atoms with Crippen LogP contribution in [0.4, 0.5) is 4.39 Å². The summed E-state index contributed by atoms with van der Waals surface area (Å²) in [6, 6.07) is 0. The summed E-state index contributed by atoms with van der Waals surface area (Å²) in [5.74, 6) is -0.351. The average molecular weight is 379 g/mol. The van der Waals surface area contributed by atoms with Crippen LogP contribution in [-0.2, 0) is 23.8 Å². The van der Waals surface area contributed by atoms with Crippen LogP contribution in [0.15, 0.2) is 0 Å². The van der Waals surface area contributed by atoms with Crippen LogP contribution in [0.1, 0.15) is 27.2 Å². The molecular weight excluding hydrogens is 345 g/mol. The van der Waals surface area contributed by atoms with Gasteiger partial charge in [-0.2, -0.15) is 0 Å². The highest BCUT2D eigenvalue weighted by Gasteiger charge is 2.30. The summed E-state index contributed by atoms with van der Waals surface area (Å²) in [4.78, 5) is 21.8. The lowest BCUT2D eigenvalue weighted by Crippen LogP contribution is -2.44. The topological polar surface area (TPSA) is 97.9 Å². The van der Waals surface area contributed by atoms with Gasteiger partial charge in [-0.1, -0.05) is 6.92 Å². The van der Waals surface area contributed by atoms with Gasteiger partial charge in [0.2, 0.25) is 12.3 Å². The number of alkyl halides is 1. The molecule has 0 aliphatic heterocycles. The molecule has 0 fully saturated rings. The highest BCUT2D eigenvalue weighted by atomic mass is 19.1. The zero-order valence-corrected chi connectivity index (χ0v) is 16.1. The van der Waals surface area contributed by atoms with Crippen LogP contribution in [-0.4, -0.2) is 83.3 Å². The number of halogens is 1. The second kappa shape index (κ2) is 15.9. The minimum absolute atomic E-state index is 0.164. The lowest BCUT2D eigenvalue weighted by molar-refractivity contribution is -0.136. The first kappa shape index (κ1) is 24.7. The van der Waals surface area contributed by atoms with E-state index in [0.29, 0.717) is 39.4 Å². The van der Waals surface area contributed by atoms with Gasteiger partial charge in [0.25, 0.3) is 0 Å². The average Bonchev–Trinajstić information content (AvgIpc) is 2.62. The van der Waals surface area contributed by atoms with Crippen molar-refractivity contribution in [1.29, 1.82) is 0 Å². The summed E-state index contributed by atoms with van der Waals surface area (Å²) in [5, 5.41) is 8.11. The molecule has 0 aromatic rings. The number of hydrogen-bond acceptors (Lipinski definition) is 6. The Morgan fingerprint density at radius 1 is 1.12 bits per heavy atom. The van der Waals surface area contributed by atoms with Crippen LogP contribution in [0.2, 0.25) is 0 Å². The fourth-order valence-electron chi connectivity index (χ4n) is 1.82. The van der Waals surface area contributed by atoms with Crippen LogP contribution in [0.5, 0.6) is 0 Å². The van der Waals surface area contributed by atoms with Crippen molar-refractivity contribution in [3.63, 3.8) is 0 Å². The summed E-state index contributed by atoms with van der Waals surface area (Å²) < 4.78 is 29.9. The first-order chi connectivity index (χ1) is 12.4. The number of rotatable bonds is 18. The van der Waals surface area contributed by atoms with Gasteiger partial charge in [-0.05, 0) is 26.8 Å². The van der Waals surface area contributed by atoms with E-state index in [2.05, 4.69) is 22.9 Å². The molecular formula is C17H34FN3O5. The molecule has 0 saturated carbocycles. The Morgan fingerprint density at radius 2 is 1.77 bits per heavy atom. The number of amides is 2. The highest BCUT2D eigenvalue weighted by Crippen LogP contribution is 2.17. The van der Waals surface area contributed by atoms with Crippen LogP contribution in [0.3, 0.4) is 0 Å². The fraction of sp³-hybridized carbons (Fsp3) is 0.882. The maximum absolute atomic E-state index is 13.8. The quantitative estimate of drug-likeness (QED) is 0.229. The van der Waals surface area contributed by atoms with E-state index < -0.39 is 11.8 Å². The van der Waals surface area contributed by atoms with Crippen molar-refractivity contribution in [1.82, 2.24) is 16.0 Å². The molecule has 1 atom stereocenters. The lowest BCUT2D eigenvalue weighted by atomic mass is 10.0. The normalized spacial score (nSPS) is 12.6. The second-order valence-corrected chi connectivity index (χ2v) is 6.21. The number of carbonyl (C=O) groups is 2. The zero-order chi connectivity index (χ0) is 19.7. The molecule has 0 aromatic heterocycles. The van der Waals surface area contributed by atoms with Crippen LogP contribution >= 0.6 is 0 Å². The van der Waals surface area contributed by atoms with Crippen molar-refractivity contribution in [2.45, 2.75) is 39.0 Å². The molecule has 0 saturated heterocycles. The Bertz CT molecular complexity index is 372. The summed E-state index contributed by atoms with van der Waals surface area (Å²) >= 11 is 0. The van der Waals surface area contributed by atoms with Crippen molar-refractivity contribution in [2.75, 3.05) is 59.2 Å². The van der Waals surface area contributed by atoms with Crippen molar-refractivity contribution in [3.8, 4) is 0 Å². The van der Waals surface area contributed by atoms with Gasteiger partial charge in [0, 0.05) is 13.1 Å². The smallest absolute Gasteiger partial charge is 0.246 e. The molecule has 0 heterocycles. The minimum atomic E-state index is -1.42. The third-order valence-corrected chi connectivity index (χ3v) is 3.50. The first-order valence-corrected chi connectivity index (χ1v) is 9.02. The van der Waals surface area contributed by atoms with Crippen molar-refractivity contribution < 1.29 is 28.2 Å². The van der Waals surface area contributed by atoms with Crippen LogP contribution < -0.4 is 16.0 Å². The molecule has 0 radical (unpaired) electrons.